The predicted octanol–water partition coefficient (Wildman–Crippen LogP) is 4.35. The van der Waals surface area contributed by atoms with Gasteiger partial charge in [-0.05, 0) is 37.5 Å². The number of aldehydes is 1. The van der Waals surface area contributed by atoms with Crippen LogP contribution in [-0.4, -0.2) is 6.29 Å². The van der Waals surface area contributed by atoms with Crippen LogP contribution in [0.5, 0.6) is 0 Å². The van der Waals surface area contributed by atoms with Crippen LogP contribution in [0.25, 0.3) is 0 Å². The largest absolute Gasteiger partial charge is 0.303 e. The standard InChI is InChI=1S/C15H26O/c1-2-13-6-8-14(9-7-13)15(12-16)10-4-3-5-11-15/h12-14H,2-11H2,1H3. The summed E-state index contributed by atoms with van der Waals surface area (Å²) in [6.45, 7) is 2.31. The molecule has 0 aromatic carbocycles. The second kappa shape index (κ2) is 5.33. The van der Waals surface area contributed by atoms with Crippen molar-refractivity contribution in [3.05, 3.63) is 0 Å². The number of carbonyl (C=O) groups excluding carboxylic acids is 1. The Morgan fingerprint density at radius 3 is 2.19 bits per heavy atom. The maximum atomic E-state index is 11.5. The lowest BCUT2D eigenvalue weighted by atomic mass is 9.61. The summed E-state index contributed by atoms with van der Waals surface area (Å²) < 4.78 is 0. The first-order chi connectivity index (χ1) is 7.80. The highest BCUT2D eigenvalue weighted by atomic mass is 16.1. The first-order valence-electron chi connectivity index (χ1n) is 7.27. The summed E-state index contributed by atoms with van der Waals surface area (Å²) in [7, 11) is 0. The van der Waals surface area contributed by atoms with E-state index in [0.29, 0.717) is 5.92 Å². The fraction of sp³-hybridized carbons (Fsp3) is 0.933. The van der Waals surface area contributed by atoms with E-state index in [1.807, 2.05) is 0 Å². The molecule has 0 atom stereocenters. The Labute approximate surface area is 100.0 Å². The Kier molecular flexibility index (Phi) is 4.05. The van der Waals surface area contributed by atoms with Gasteiger partial charge in [-0.3, -0.25) is 0 Å². The lowest BCUT2D eigenvalue weighted by Crippen LogP contribution is -2.36. The molecule has 2 saturated carbocycles. The second-order valence-electron chi connectivity index (χ2n) is 6.04. The first-order valence-corrected chi connectivity index (χ1v) is 7.27. The molecule has 2 fully saturated rings. The molecular formula is C15H26O. The van der Waals surface area contributed by atoms with E-state index in [2.05, 4.69) is 6.92 Å². The third kappa shape index (κ3) is 2.33. The van der Waals surface area contributed by atoms with Crippen molar-refractivity contribution in [2.24, 2.45) is 17.3 Å². The van der Waals surface area contributed by atoms with Crippen molar-refractivity contribution in [3.63, 3.8) is 0 Å². The third-order valence-corrected chi connectivity index (χ3v) is 5.26. The van der Waals surface area contributed by atoms with Gasteiger partial charge in [0.2, 0.25) is 0 Å². The highest BCUT2D eigenvalue weighted by Gasteiger charge is 2.40. The lowest BCUT2D eigenvalue weighted by molar-refractivity contribution is -0.122. The van der Waals surface area contributed by atoms with Crippen molar-refractivity contribution in [2.75, 3.05) is 0 Å². The third-order valence-electron chi connectivity index (χ3n) is 5.26. The number of hydrogen-bond donors (Lipinski definition) is 0. The van der Waals surface area contributed by atoms with E-state index in [1.165, 1.54) is 70.5 Å². The lowest BCUT2D eigenvalue weighted by Gasteiger charge is -2.42. The Bertz CT molecular complexity index is 220. The van der Waals surface area contributed by atoms with Crippen LogP contribution in [0.1, 0.15) is 71.1 Å². The van der Waals surface area contributed by atoms with Crippen LogP contribution in [0.15, 0.2) is 0 Å². The smallest absolute Gasteiger partial charge is 0.126 e. The van der Waals surface area contributed by atoms with E-state index < -0.39 is 0 Å². The molecule has 0 amide bonds. The van der Waals surface area contributed by atoms with Crippen molar-refractivity contribution in [1.82, 2.24) is 0 Å². The van der Waals surface area contributed by atoms with E-state index in [9.17, 15) is 4.79 Å². The minimum absolute atomic E-state index is 0.0942. The normalized spacial score (nSPS) is 34.6. The van der Waals surface area contributed by atoms with E-state index in [-0.39, 0.29) is 5.41 Å². The van der Waals surface area contributed by atoms with Crippen LogP contribution >= 0.6 is 0 Å². The Morgan fingerprint density at radius 2 is 1.69 bits per heavy atom. The van der Waals surface area contributed by atoms with Gasteiger partial charge in [-0.15, -0.1) is 0 Å². The Hall–Kier alpha value is -0.330. The highest BCUT2D eigenvalue weighted by Crippen LogP contribution is 2.48. The molecule has 2 aliphatic carbocycles. The average Bonchev–Trinajstić information content (AvgIpc) is 2.39. The molecule has 0 unspecified atom stereocenters. The van der Waals surface area contributed by atoms with Crippen molar-refractivity contribution in [1.29, 1.82) is 0 Å². The van der Waals surface area contributed by atoms with E-state index in [1.54, 1.807) is 0 Å². The summed E-state index contributed by atoms with van der Waals surface area (Å²) in [6.07, 6.45) is 14.3. The average molecular weight is 222 g/mol. The molecule has 2 aliphatic rings. The van der Waals surface area contributed by atoms with Crippen LogP contribution in [-0.2, 0) is 4.79 Å². The second-order valence-corrected chi connectivity index (χ2v) is 6.04. The Morgan fingerprint density at radius 1 is 1.06 bits per heavy atom. The molecule has 1 heteroatoms. The molecule has 0 aromatic rings. The molecule has 0 N–H and O–H groups in total. The van der Waals surface area contributed by atoms with E-state index in [0.717, 1.165) is 5.92 Å². The maximum Gasteiger partial charge on any atom is 0.126 e. The van der Waals surface area contributed by atoms with Crippen LogP contribution in [0.3, 0.4) is 0 Å². The van der Waals surface area contributed by atoms with Gasteiger partial charge in [0, 0.05) is 5.41 Å². The summed E-state index contributed by atoms with van der Waals surface area (Å²) in [4.78, 5) is 11.5. The van der Waals surface area contributed by atoms with Gasteiger partial charge in [0.15, 0.2) is 0 Å². The van der Waals surface area contributed by atoms with Crippen molar-refractivity contribution < 1.29 is 4.79 Å². The van der Waals surface area contributed by atoms with Gasteiger partial charge in [-0.1, -0.05) is 45.4 Å². The fourth-order valence-corrected chi connectivity index (χ4v) is 3.98. The summed E-state index contributed by atoms with van der Waals surface area (Å²) in [5, 5.41) is 0. The van der Waals surface area contributed by atoms with Crippen LogP contribution < -0.4 is 0 Å². The number of hydrogen-bond acceptors (Lipinski definition) is 1. The van der Waals surface area contributed by atoms with Gasteiger partial charge < -0.3 is 4.79 Å². The van der Waals surface area contributed by atoms with Gasteiger partial charge in [0.1, 0.15) is 6.29 Å². The molecule has 1 nitrogen and oxygen atoms in total. The number of carbonyl (C=O) groups is 1. The van der Waals surface area contributed by atoms with Gasteiger partial charge in [-0.25, -0.2) is 0 Å². The van der Waals surface area contributed by atoms with Crippen LogP contribution in [0, 0.1) is 17.3 Å². The van der Waals surface area contributed by atoms with Gasteiger partial charge in [-0.2, -0.15) is 0 Å². The molecule has 0 aliphatic heterocycles. The summed E-state index contributed by atoms with van der Waals surface area (Å²) >= 11 is 0. The molecule has 0 heterocycles. The molecule has 0 radical (unpaired) electrons. The minimum atomic E-state index is 0.0942. The molecule has 0 aromatic heterocycles. The molecular weight excluding hydrogens is 196 g/mol. The highest BCUT2D eigenvalue weighted by molar-refractivity contribution is 5.60. The SMILES string of the molecule is CCC1CCC(C2(C=O)CCCCC2)CC1. The zero-order chi connectivity index (χ0) is 11.4. The fourth-order valence-electron chi connectivity index (χ4n) is 3.98. The molecule has 0 spiro atoms. The van der Waals surface area contributed by atoms with Crippen molar-refractivity contribution in [2.45, 2.75) is 71.1 Å². The quantitative estimate of drug-likeness (QED) is 0.649. The molecule has 0 bridgehead atoms. The number of rotatable bonds is 3. The Balaban J connectivity index is 1.97. The minimum Gasteiger partial charge on any atom is -0.303 e. The zero-order valence-electron chi connectivity index (χ0n) is 10.7. The molecule has 0 saturated heterocycles. The molecule has 2 rings (SSSR count). The van der Waals surface area contributed by atoms with Crippen LogP contribution in [0.2, 0.25) is 0 Å². The summed E-state index contributed by atoms with van der Waals surface area (Å²) in [5.41, 5.74) is 0.0942. The molecule has 16 heavy (non-hydrogen) atoms. The first kappa shape index (κ1) is 12.1. The maximum absolute atomic E-state index is 11.5. The van der Waals surface area contributed by atoms with E-state index in [4.69, 9.17) is 0 Å². The zero-order valence-corrected chi connectivity index (χ0v) is 10.7. The topological polar surface area (TPSA) is 17.1 Å². The van der Waals surface area contributed by atoms with Crippen molar-refractivity contribution in [3.8, 4) is 0 Å². The molecule has 92 valence electrons. The van der Waals surface area contributed by atoms with Gasteiger partial charge in [0.05, 0.1) is 0 Å². The van der Waals surface area contributed by atoms with Gasteiger partial charge >= 0.3 is 0 Å². The summed E-state index contributed by atoms with van der Waals surface area (Å²) in [6, 6.07) is 0. The van der Waals surface area contributed by atoms with Crippen molar-refractivity contribution >= 4 is 6.29 Å². The predicted molar refractivity (Wildman–Crippen MR) is 67.3 cm³/mol. The van der Waals surface area contributed by atoms with Gasteiger partial charge in [0.25, 0.3) is 0 Å². The summed E-state index contributed by atoms with van der Waals surface area (Å²) in [5.74, 6) is 1.66. The van der Waals surface area contributed by atoms with Crippen LogP contribution in [0.4, 0.5) is 0 Å². The monoisotopic (exact) mass is 222 g/mol. The van der Waals surface area contributed by atoms with E-state index >= 15 is 0 Å².